The Morgan fingerprint density at radius 3 is 2.74 bits per heavy atom. The van der Waals surface area contributed by atoms with Crippen LogP contribution in [0.15, 0.2) is 57.2 Å². The smallest absolute Gasteiger partial charge is 0.335 e. The van der Waals surface area contributed by atoms with Crippen LogP contribution in [0.3, 0.4) is 0 Å². The fourth-order valence-electron chi connectivity index (χ4n) is 4.26. The Morgan fingerprint density at radius 1 is 1.20 bits per heavy atom. The van der Waals surface area contributed by atoms with Crippen LogP contribution in [0.1, 0.15) is 36.9 Å². The van der Waals surface area contributed by atoms with Gasteiger partial charge in [0.15, 0.2) is 11.5 Å². The number of hydrogen-bond acceptors (Lipinski definition) is 8. The summed E-state index contributed by atoms with van der Waals surface area (Å²) >= 11 is 0. The summed E-state index contributed by atoms with van der Waals surface area (Å²) in [7, 11) is 1.43. The summed E-state index contributed by atoms with van der Waals surface area (Å²) in [6, 6.07) is 11.3. The van der Waals surface area contributed by atoms with E-state index in [1.54, 1.807) is 49.4 Å². The summed E-state index contributed by atoms with van der Waals surface area (Å²) in [5.74, 6) is 0.593. The SMILES string of the molecule is CCC(=O)N1N=C(c2c(O)n(-c3ccccc3OC)c(=O)[nH]c2=O)CC1c1ccc2c(c1)OCO2. The first-order chi connectivity index (χ1) is 16.9. The van der Waals surface area contributed by atoms with Gasteiger partial charge < -0.3 is 19.3 Å². The summed E-state index contributed by atoms with van der Waals surface area (Å²) in [5.41, 5.74) is -0.725. The minimum absolute atomic E-state index is 0.108. The Kier molecular flexibility index (Phi) is 5.51. The van der Waals surface area contributed by atoms with Gasteiger partial charge in [0, 0.05) is 12.8 Å². The third-order valence-corrected chi connectivity index (χ3v) is 5.95. The quantitative estimate of drug-likeness (QED) is 0.573. The van der Waals surface area contributed by atoms with Gasteiger partial charge in [0.25, 0.3) is 5.56 Å². The highest BCUT2D eigenvalue weighted by molar-refractivity contribution is 6.04. The number of aromatic amines is 1. The van der Waals surface area contributed by atoms with Crippen LogP contribution >= 0.6 is 0 Å². The Morgan fingerprint density at radius 2 is 1.97 bits per heavy atom. The fourth-order valence-corrected chi connectivity index (χ4v) is 4.26. The van der Waals surface area contributed by atoms with Gasteiger partial charge in [0.2, 0.25) is 18.6 Å². The number of carbonyl (C=O) groups is 1. The molecule has 1 atom stereocenters. The lowest BCUT2D eigenvalue weighted by molar-refractivity contribution is -0.132. The van der Waals surface area contributed by atoms with E-state index in [4.69, 9.17) is 14.2 Å². The molecule has 0 bridgehead atoms. The van der Waals surface area contributed by atoms with E-state index in [1.165, 1.54) is 12.1 Å². The largest absolute Gasteiger partial charge is 0.495 e. The molecule has 5 rings (SSSR count). The number of H-pyrrole nitrogens is 1. The zero-order chi connectivity index (χ0) is 24.7. The van der Waals surface area contributed by atoms with Gasteiger partial charge >= 0.3 is 5.69 Å². The first-order valence-electron chi connectivity index (χ1n) is 10.9. The number of carbonyl (C=O) groups excluding carboxylic acids is 1. The maximum Gasteiger partial charge on any atom is 0.335 e. The van der Waals surface area contributed by atoms with Crippen molar-refractivity contribution in [3.8, 4) is 28.8 Å². The van der Waals surface area contributed by atoms with Gasteiger partial charge in [-0.05, 0) is 29.8 Å². The molecule has 2 aliphatic rings. The molecule has 3 heterocycles. The number of methoxy groups -OCH3 is 1. The molecule has 1 unspecified atom stereocenters. The molecule has 0 spiro atoms. The van der Waals surface area contributed by atoms with Gasteiger partial charge in [-0.2, -0.15) is 5.10 Å². The fraction of sp³-hybridized carbons (Fsp3) is 0.250. The van der Waals surface area contributed by atoms with E-state index < -0.39 is 23.2 Å². The molecule has 2 N–H and O–H groups in total. The molecule has 1 aromatic heterocycles. The van der Waals surface area contributed by atoms with Crippen molar-refractivity contribution in [1.82, 2.24) is 14.6 Å². The molecule has 0 radical (unpaired) electrons. The molecule has 2 aliphatic heterocycles. The van der Waals surface area contributed by atoms with Crippen LogP contribution in [0.2, 0.25) is 0 Å². The van der Waals surface area contributed by atoms with Crippen molar-refractivity contribution in [2.24, 2.45) is 5.10 Å². The van der Waals surface area contributed by atoms with Crippen LogP contribution < -0.4 is 25.5 Å². The maximum atomic E-state index is 12.8. The number of hydrogen-bond donors (Lipinski definition) is 2. The number of fused-ring (bicyclic) bond motifs is 1. The number of ether oxygens (including phenoxy) is 3. The predicted octanol–water partition coefficient (Wildman–Crippen LogP) is 2.06. The Labute approximate surface area is 198 Å². The number of para-hydroxylation sites is 2. The molecule has 0 fully saturated rings. The number of aromatic nitrogens is 2. The number of hydrazone groups is 1. The van der Waals surface area contributed by atoms with Gasteiger partial charge in [-0.1, -0.05) is 25.1 Å². The van der Waals surface area contributed by atoms with E-state index in [9.17, 15) is 19.5 Å². The summed E-state index contributed by atoms with van der Waals surface area (Å²) in [4.78, 5) is 40.5. The third kappa shape index (κ3) is 3.70. The van der Waals surface area contributed by atoms with Crippen LogP contribution in [0.25, 0.3) is 5.69 Å². The lowest BCUT2D eigenvalue weighted by Gasteiger charge is -2.21. The molecule has 1 amide bonds. The normalized spacial score (nSPS) is 16.3. The second-order valence-electron chi connectivity index (χ2n) is 7.94. The molecule has 0 saturated heterocycles. The molecule has 35 heavy (non-hydrogen) atoms. The lowest BCUT2D eigenvalue weighted by Crippen LogP contribution is -2.33. The van der Waals surface area contributed by atoms with Crippen LogP contribution in [0, 0.1) is 0 Å². The molecule has 2 aromatic carbocycles. The van der Waals surface area contributed by atoms with Gasteiger partial charge in [0.1, 0.15) is 11.3 Å². The summed E-state index contributed by atoms with van der Waals surface area (Å²) in [6.07, 6.45) is 0.313. The summed E-state index contributed by atoms with van der Waals surface area (Å²) < 4.78 is 17.1. The number of rotatable bonds is 5. The second kappa shape index (κ2) is 8.67. The number of benzene rings is 2. The van der Waals surface area contributed by atoms with E-state index in [0.717, 1.165) is 10.1 Å². The minimum Gasteiger partial charge on any atom is -0.495 e. The van der Waals surface area contributed by atoms with E-state index in [2.05, 4.69) is 10.1 Å². The van der Waals surface area contributed by atoms with E-state index in [1.807, 2.05) is 0 Å². The predicted molar refractivity (Wildman–Crippen MR) is 124 cm³/mol. The van der Waals surface area contributed by atoms with Crippen LogP contribution in [0.5, 0.6) is 23.1 Å². The molecule has 0 aliphatic carbocycles. The van der Waals surface area contributed by atoms with Crippen molar-refractivity contribution >= 4 is 11.6 Å². The lowest BCUT2D eigenvalue weighted by atomic mass is 9.98. The van der Waals surface area contributed by atoms with E-state index in [0.29, 0.717) is 17.2 Å². The summed E-state index contributed by atoms with van der Waals surface area (Å²) in [5, 5.41) is 16.8. The van der Waals surface area contributed by atoms with E-state index >= 15 is 0 Å². The van der Waals surface area contributed by atoms with Gasteiger partial charge in [-0.15, -0.1) is 0 Å². The molecule has 3 aromatic rings. The topological polar surface area (TPSA) is 135 Å². The molecular formula is C24H22N4O7. The number of aromatic hydroxyl groups is 1. The standard InChI is InChI=1S/C24H22N4O7/c1-3-20(29)28-16(13-8-9-18-19(10-13)35-12-34-18)11-14(26-28)21-22(30)25-24(32)27(23(21)31)15-6-4-5-7-17(15)33-2/h4-10,16,31H,3,11-12H2,1-2H3,(H,25,30,32). The molecule has 11 nitrogen and oxygen atoms in total. The van der Waals surface area contributed by atoms with Crippen molar-refractivity contribution in [1.29, 1.82) is 0 Å². The summed E-state index contributed by atoms with van der Waals surface area (Å²) in [6.45, 7) is 1.81. The van der Waals surface area contributed by atoms with Crippen molar-refractivity contribution in [3.63, 3.8) is 0 Å². The highest BCUT2D eigenvalue weighted by Gasteiger charge is 2.36. The zero-order valence-corrected chi connectivity index (χ0v) is 19.0. The first-order valence-corrected chi connectivity index (χ1v) is 10.9. The Balaban J connectivity index is 1.62. The molecule has 11 heteroatoms. The van der Waals surface area contributed by atoms with Gasteiger partial charge in [0.05, 0.1) is 24.6 Å². The van der Waals surface area contributed by atoms with Gasteiger partial charge in [-0.25, -0.2) is 14.4 Å². The van der Waals surface area contributed by atoms with Crippen molar-refractivity contribution in [2.75, 3.05) is 13.9 Å². The highest BCUT2D eigenvalue weighted by atomic mass is 16.7. The first kappa shape index (κ1) is 22.3. The zero-order valence-electron chi connectivity index (χ0n) is 19.0. The highest BCUT2D eigenvalue weighted by Crippen LogP contribution is 2.40. The van der Waals surface area contributed by atoms with E-state index in [-0.39, 0.29) is 42.5 Å². The number of nitrogens with one attached hydrogen (secondary N) is 1. The monoisotopic (exact) mass is 478 g/mol. The average Bonchev–Trinajstić information content (AvgIpc) is 3.50. The van der Waals surface area contributed by atoms with Gasteiger partial charge in [-0.3, -0.25) is 14.6 Å². The molecule has 0 saturated carbocycles. The second-order valence-corrected chi connectivity index (χ2v) is 7.94. The van der Waals surface area contributed by atoms with Crippen LogP contribution in [-0.2, 0) is 4.79 Å². The minimum atomic E-state index is -0.840. The van der Waals surface area contributed by atoms with Crippen LogP contribution in [0.4, 0.5) is 0 Å². The third-order valence-electron chi connectivity index (χ3n) is 5.95. The average molecular weight is 478 g/mol. The molecular weight excluding hydrogens is 456 g/mol. The Bertz CT molecular complexity index is 1470. The maximum absolute atomic E-state index is 12.8. The Hall–Kier alpha value is -4.54. The number of nitrogens with zero attached hydrogens (tertiary/aromatic N) is 3. The van der Waals surface area contributed by atoms with Crippen molar-refractivity contribution < 1.29 is 24.1 Å². The van der Waals surface area contributed by atoms with Crippen molar-refractivity contribution in [3.05, 3.63) is 74.4 Å². The number of amides is 1. The van der Waals surface area contributed by atoms with Crippen LogP contribution in [-0.4, -0.2) is 45.2 Å². The van der Waals surface area contributed by atoms with Crippen molar-refractivity contribution in [2.45, 2.75) is 25.8 Å². The molecule has 180 valence electrons.